The molecule has 0 unspecified atom stereocenters. The largest absolute Gasteiger partial charge is 0.323 e. The normalized spacial score (nSPS) is 13.4. The van der Waals surface area contributed by atoms with Crippen molar-refractivity contribution in [3.63, 3.8) is 0 Å². The van der Waals surface area contributed by atoms with Crippen LogP contribution in [0.3, 0.4) is 0 Å². The Morgan fingerprint density at radius 1 is 0.805 bits per heavy atom. The number of benzene rings is 3. The van der Waals surface area contributed by atoms with Crippen LogP contribution in [-0.4, -0.2) is 21.2 Å². The van der Waals surface area contributed by atoms with Crippen LogP contribution in [0.5, 0.6) is 5.75 Å². The van der Waals surface area contributed by atoms with Crippen LogP contribution in [0, 0.1) is 6.92 Å². The van der Waals surface area contributed by atoms with Gasteiger partial charge in [-0.1, -0.05) is 0 Å². The third-order valence-electron chi connectivity index (χ3n) is 9.47. The Hall–Kier alpha value is -2.00. The molecule has 1 N–H and O–H groups in total. The van der Waals surface area contributed by atoms with Gasteiger partial charge in [0.05, 0.1) is 0 Å². The fourth-order valence-electron chi connectivity index (χ4n) is 7.62. The molecule has 0 saturated heterocycles. The summed E-state index contributed by atoms with van der Waals surface area (Å²) in [6.07, 6.45) is 10.6. The van der Waals surface area contributed by atoms with Crippen LogP contribution in [0.4, 0.5) is 0 Å². The molecular weight excluding hydrogens is 575 g/mol. The smallest absolute Gasteiger partial charge is 0.0167 e. The molecule has 0 amide bonds. The molecule has 0 atom stereocenters. The first-order valence-electron chi connectivity index (χ1n) is 15.5. The van der Waals surface area contributed by atoms with Gasteiger partial charge in [-0.3, -0.25) is 0 Å². The number of hydrogen-bond acceptors (Lipinski definition) is 2. The van der Waals surface area contributed by atoms with Gasteiger partial charge in [-0.2, -0.15) is 0 Å². The molecule has 0 aromatic heterocycles. The summed E-state index contributed by atoms with van der Waals surface area (Å²) in [6, 6.07) is 27.5. The number of allylic oxidation sites excluding steroid dienone is 4. The SMILES string of the molecule is CC[C](CC)(c1cc(C)cc(C(C)(C)C)c1OC)[Y]([CH2]c1ccccc1)([CH2]c1ccccc1)[C]1=CC=CC1.CNC. The van der Waals surface area contributed by atoms with E-state index in [1.807, 2.05) is 21.2 Å². The average Bonchev–Trinajstić information content (AvgIpc) is 3.50. The first kappa shape index (κ1) is 33.5. The van der Waals surface area contributed by atoms with Crippen molar-refractivity contribution < 1.29 is 30.4 Å². The fourth-order valence-corrected chi connectivity index (χ4v) is 26.7. The second-order valence-corrected chi connectivity index (χ2v) is 25.7. The van der Waals surface area contributed by atoms with Crippen LogP contribution in [0.25, 0.3) is 0 Å². The second-order valence-electron chi connectivity index (χ2n) is 13.0. The number of methoxy groups -OCH3 is 1. The van der Waals surface area contributed by atoms with E-state index in [4.69, 9.17) is 4.74 Å². The van der Waals surface area contributed by atoms with Crippen LogP contribution in [-0.2, 0) is 39.8 Å². The monoisotopic (exact) mass is 628 g/mol. The molecule has 0 radical (unpaired) electrons. The first-order chi connectivity index (χ1) is 19.6. The van der Waals surface area contributed by atoms with Gasteiger partial charge in [0.1, 0.15) is 0 Å². The fraction of sp³-hybridized carbons (Fsp3) is 0.421. The van der Waals surface area contributed by atoms with Crippen LogP contribution >= 0.6 is 0 Å². The maximum Gasteiger partial charge on any atom is -0.0167 e. The molecule has 0 aliphatic heterocycles. The molecule has 3 heteroatoms. The van der Waals surface area contributed by atoms with Gasteiger partial charge < -0.3 is 5.32 Å². The predicted octanol–water partition coefficient (Wildman–Crippen LogP) is 9.55. The van der Waals surface area contributed by atoms with Crippen molar-refractivity contribution in [2.75, 3.05) is 21.2 Å². The van der Waals surface area contributed by atoms with Crippen molar-refractivity contribution in [2.24, 2.45) is 0 Å². The summed E-state index contributed by atoms with van der Waals surface area (Å²) in [5, 5.41) is 2.75. The molecule has 0 fully saturated rings. The topological polar surface area (TPSA) is 21.3 Å². The van der Waals surface area contributed by atoms with Crippen LogP contribution in [0.15, 0.2) is 93.4 Å². The van der Waals surface area contributed by atoms with Gasteiger partial charge in [0, 0.05) is 0 Å². The Bertz CT molecular complexity index is 1260. The Morgan fingerprint density at radius 2 is 1.29 bits per heavy atom. The molecule has 0 spiro atoms. The van der Waals surface area contributed by atoms with Gasteiger partial charge in [0.2, 0.25) is 0 Å². The number of aryl methyl sites for hydroxylation is 1. The van der Waals surface area contributed by atoms with Crippen LogP contribution in [0.1, 0.15) is 81.7 Å². The zero-order valence-electron chi connectivity index (χ0n) is 27.2. The summed E-state index contributed by atoms with van der Waals surface area (Å²) < 4.78 is 10.7. The summed E-state index contributed by atoms with van der Waals surface area (Å²) in [5.41, 5.74) is 7.14. The summed E-state index contributed by atoms with van der Waals surface area (Å²) in [7, 11) is 5.64. The minimum absolute atomic E-state index is 0.00563. The standard InChI is InChI=1S/C17H27O.2C7H7.C5H5.C2H7N.Y/c1-8-13(9-2)14-10-12(3)11-15(16(14)18-7)17(4,5)6;2*1-7-5-3-2-4-6-7;1-2-4-5-3-1;1-3-2;/h10-11H,8-9H2,1-7H3;2*2-6H,1H2;1-3H,4H2;3H,1-2H3;. The maximum absolute atomic E-state index is 6.43. The average molecular weight is 629 g/mol. The molecule has 0 bridgehead atoms. The summed E-state index contributed by atoms with van der Waals surface area (Å²) in [5.74, 6) is 1.13. The molecule has 1 aliphatic rings. The quantitative estimate of drug-likeness (QED) is 0.242. The van der Waals surface area contributed by atoms with Crippen molar-refractivity contribution in [3.8, 4) is 5.75 Å². The van der Waals surface area contributed by atoms with Crippen molar-refractivity contribution in [1.82, 2.24) is 5.32 Å². The van der Waals surface area contributed by atoms with Gasteiger partial charge in [-0.15, -0.1) is 0 Å². The molecular formula is C38H53NOY. The van der Waals surface area contributed by atoms with Crippen molar-refractivity contribution in [3.05, 3.63) is 121 Å². The van der Waals surface area contributed by atoms with E-state index in [0.29, 0.717) is 0 Å². The Labute approximate surface area is 257 Å². The molecule has 0 saturated carbocycles. The molecule has 3 aromatic carbocycles. The maximum atomic E-state index is 6.43. The first-order valence-corrected chi connectivity index (χ1v) is 22.4. The van der Waals surface area contributed by atoms with E-state index in [1.165, 1.54) is 34.3 Å². The van der Waals surface area contributed by atoms with E-state index in [-0.39, 0.29) is 7.64 Å². The number of hydrogen-bond donors (Lipinski definition) is 1. The van der Waals surface area contributed by atoms with E-state index in [0.717, 1.165) is 25.0 Å². The summed E-state index contributed by atoms with van der Waals surface area (Å²) >= 11 is -3.57. The van der Waals surface area contributed by atoms with E-state index in [2.05, 4.69) is 138 Å². The van der Waals surface area contributed by atoms with Crippen molar-refractivity contribution in [2.45, 2.75) is 74.9 Å². The zero-order valence-corrected chi connectivity index (χ0v) is 30.0. The minimum atomic E-state index is -3.57. The van der Waals surface area contributed by atoms with Crippen molar-refractivity contribution in [1.29, 1.82) is 0 Å². The third-order valence-corrected chi connectivity index (χ3v) is 27.7. The Kier molecular flexibility index (Phi) is 12.2. The van der Waals surface area contributed by atoms with Gasteiger partial charge in [0.15, 0.2) is 0 Å². The zero-order chi connectivity index (χ0) is 30.1. The molecule has 1 aliphatic carbocycles. The molecule has 219 valence electrons. The molecule has 3 aromatic rings. The van der Waals surface area contributed by atoms with Crippen molar-refractivity contribution >= 4 is 0 Å². The van der Waals surface area contributed by atoms with Crippen LogP contribution in [0.2, 0.25) is 0 Å². The number of nitrogens with one attached hydrogen (secondary N) is 1. The summed E-state index contributed by atoms with van der Waals surface area (Å²) in [6.45, 7) is 14.1. The van der Waals surface area contributed by atoms with E-state index in [1.54, 1.807) is 2.38 Å². The number of ether oxygens (including phenoxy) is 1. The molecule has 2 nitrogen and oxygen atoms in total. The van der Waals surface area contributed by atoms with Gasteiger partial charge in [0.25, 0.3) is 0 Å². The van der Waals surface area contributed by atoms with E-state index in [9.17, 15) is 0 Å². The van der Waals surface area contributed by atoms with E-state index >= 15 is 0 Å². The minimum Gasteiger partial charge on any atom is -0.323 e. The third kappa shape index (κ3) is 7.33. The molecule has 41 heavy (non-hydrogen) atoms. The van der Waals surface area contributed by atoms with Gasteiger partial charge in [-0.25, -0.2) is 0 Å². The van der Waals surface area contributed by atoms with Gasteiger partial charge in [-0.05, 0) is 14.1 Å². The van der Waals surface area contributed by atoms with Gasteiger partial charge >= 0.3 is 239 Å². The predicted molar refractivity (Wildman–Crippen MR) is 176 cm³/mol. The van der Waals surface area contributed by atoms with Crippen LogP contribution < -0.4 is 10.1 Å². The second kappa shape index (κ2) is 14.9. The Morgan fingerprint density at radius 3 is 1.68 bits per heavy atom. The summed E-state index contributed by atoms with van der Waals surface area (Å²) in [4.78, 5) is 0. The Balaban J connectivity index is 0.00000147. The number of rotatable bonds is 10. The van der Waals surface area contributed by atoms with E-state index < -0.39 is 25.7 Å². The molecule has 0 heterocycles. The molecule has 4 rings (SSSR count).